The molecular weight excluding hydrogens is 206 g/mol. The van der Waals surface area contributed by atoms with Gasteiger partial charge in [-0.15, -0.1) is 0 Å². The molecule has 1 aliphatic carbocycles. The fourth-order valence-electron chi connectivity index (χ4n) is 1.70. The first kappa shape index (κ1) is 11.1. The SMILES string of the molecule is CNC(=O)C1N=CC=C(NC)C1OC1CC1. The Hall–Kier alpha value is -1.36. The minimum atomic E-state index is -0.474. The zero-order valence-corrected chi connectivity index (χ0v) is 9.56. The molecule has 0 saturated heterocycles. The monoisotopic (exact) mass is 223 g/mol. The Morgan fingerprint density at radius 1 is 1.50 bits per heavy atom. The summed E-state index contributed by atoms with van der Waals surface area (Å²) in [6.07, 6.45) is 5.69. The van der Waals surface area contributed by atoms with Crippen LogP contribution in [0.25, 0.3) is 0 Å². The Labute approximate surface area is 95.0 Å². The number of nitrogens with zero attached hydrogens (tertiary/aromatic N) is 1. The van der Waals surface area contributed by atoms with E-state index in [1.807, 2.05) is 13.1 Å². The van der Waals surface area contributed by atoms with Crippen LogP contribution in [0.2, 0.25) is 0 Å². The van der Waals surface area contributed by atoms with Crippen molar-refractivity contribution in [2.24, 2.45) is 4.99 Å². The van der Waals surface area contributed by atoms with E-state index >= 15 is 0 Å². The van der Waals surface area contributed by atoms with Gasteiger partial charge in [0.05, 0.1) is 6.10 Å². The van der Waals surface area contributed by atoms with Gasteiger partial charge < -0.3 is 15.4 Å². The zero-order valence-electron chi connectivity index (χ0n) is 9.56. The van der Waals surface area contributed by atoms with E-state index in [1.165, 1.54) is 0 Å². The molecule has 1 fully saturated rings. The lowest BCUT2D eigenvalue weighted by Crippen LogP contribution is -2.45. The molecule has 1 aliphatic heterocycles. The fraction of sp³-hybridized carbons (Fsp3) is 0.636. The van der Waals surface area contributed by atoms with Crippen LogP contribution in [0.5, 0.6) is 0 Å². The Kier molecular flexibility index (Phi) is 3.24. The van der Waals surface area contributed by atoms with E-state index in [1.54, 1.807) is 13.3 Å². The van der Waals surface area contributed by atoms with E-state index in [4.69, 9.17) is 4.74 Å². The number of amides is 1. The largest absolute Gasteiger partial charge is 0.389 e. The van der Waals surface area contributed by atoms with E-state index in [9.17, 15) is 4.79 Å². The third-order valence-electron chi connectivity index (χ3n) is 2.76. The Morgan fingerprint density at radius 2 is 2.25 bits per heavy atom. The van der Waals surface area contributed by atoms with Gasteiger partial charge in [-0.25, -0.2) is 0 Å². The average molecular weight is 223 g/mol. The molecule has 2 atom stereocenters. The van der Waals surface area contributed by atoms with Crippen molar-refractivity contribution in [3.05, 3.63) is 11.8 Å². The summed E-state index contributed by atoms with van der Waals surface area (Å²) in [6, 6.07) is -0.474. The van der Waals surface area contributed by atoms with Gasteiger partial charge in [0.25, 0.3) is 0 Å². The standard InChI is InChI=1S/C11H17N3O2/c1-12-8-5-6-14-9(11(15)13-2)10(8)16-7-3-4-7/h5-7,9-10,12H,3-4H2,1-2H3,(H,13,15). The van der Waals surface area contributed by atoms with Gasteiger partial charge in [-0.05, 0) is 18.9 Å². The number of allylic oxidation sites excluding steroid dienone is 1. The number of aliphatic imine (C=N–C) groups is 1. The molecule has 0 spiro atoms. The smallest absolute Gasteiger partial charge is 0.247 e. The average Bonchev–Trinajstić information content (AvgIpc) is 3.12. The highest BCUT2D eigenvalue weighted by atomic mass is 16.5. The first-order valence-electron chi connectivity index (χ1n) is 5.54. The first-order chi connectivity index (χ1) is 7.76. The molecule has 1 saturated carbocycles. The Bertz CT molecular complexity index is 334. The maximum Gasteiger partial charge on any atom is 0.247 e. The van der Waals surface area contributed by atoms with Gasteiger partial charge in [0.2, 0.25) is 5.91 Å². The van der Waals surface area contributed by atoms with E-state index < -0.39 is 6.04 Å². The number of rotatable bonds is 4. The van der Waals surface area contributed by atoms with Crippen LogP contribution in [-0.2, 0) is 9.53 Å². The second kappa shape index (κ2) is 4.65. The van der Waals surface area contributed by atoms with Crippen molar-refractivity contribution < 1.29 is 9.53 Å². The Balaban J connectivity index is 2.12. The van der Waals surface area contributed by atoms with Crippen molar-refractivity contribution in [2.75, 3.05) is 14.1 Å². The second-order valence-corrected chi connectivity index (χ2v) is 3.99. The molecular formula is C11H17N3O2. The molecule has 5 nitrogen and oxygen atoms in total. The molecule has 1 amide bonds. The van der Waals surface area contributed by atoms with E-state index in [-0.39, 0.29) is 12.0 Å². The maximum atomic E-state index is 11.7. The van der Waals surface area contributed by atoms with Gasteiger partial charge in [0, 0.05) is 26.0 Å². The molecule has 2 N–H and O–H groups in total. The lowest BCUT2D eigenvalue weighted by molar-refractivity contribution is -0.125. The van der Waals surface area contributed by atoms with Gasteiger partial charge in [-0.1, -0.05) is 0 Å². The quantitative estimate of drug-likeness (QED) is 0.696. The van der Waals surface area contributed by atoms with Crippen LogP contribution in [0.4, 0.5) is 0 Å². The number of hydrogen-bond donors (Lipinski definition) is 2. The van der Waals surface area contributed by atoms with Crippen LogP contribution in [0.3, 0.4) is 0 Å². The zero-order chi connectivity index (χ0) is 11.5. The van der Waals surface area contributed by atoms with Crippen molar-refractivity contribution in [3.8, 4) is 0 Å². The van der Waals surface area contributed by atoms with Crippen molar-refractivity contribution in [3.63, 3.8) is 0 Å². The summed E-state index contributed by atoms with van der Waals surface area (Å²) in [5.74, 6) is -0.109. The molecule has 0 aromatic heterocycles. The highest BCUT2D eigenvalue weighted by molar-refractivity contribution is 5.87. The topological polar surface area (TPSA) is 62.7 Å². The minimum Gasteiger partial charge on any atom is -0.389 e. The summed E-state index contributed by atoms with van der Waals surface area (Å²) in [6.45, 7) is 0. The molecule has 0 aromatic carbocycles. The van der Waals surface area contributed by atoms with Crippen molar-refractivity contribution in [1.29, 1.82) is 0 Å². The van der Waals surface area contributed by atoms with Crippen molar-refractivity contribution in [2.45, 2.75) is 31.1 Å². The number of dihydropyridines is 1. The molecule has 16 heavy (non-hydrogen) atoms. The third kappa shape index (κ3) is 2.24. The van der Waals surface area contributed by atoms with Crippen molar-refractivity contribution >= 4 is 12.1 Å². The van der Waals surface area contributed by atoms with Gasteiger partial charge >= 0.3 is 0 Å². The van der Waals surface area contributed by atoms with Gasteiger partial charge in [0.15, 0.2) is 6.04 Å². The van der Waals surface area contributed by atoms with Gasteiger partial charge in [-0.2, -0.15) is 0 Å². The number of carbonyl (C=O) groups excluding carboxylic acids is 1. The summed E-state index contributed by atoms with van der Waals surface area (Å²) in [5, 5.41) is 5.68. The van der Waals surface area contributed by atoms with Crippen molar-refractivity contribution in [1.82, 2.24) is 10.6 Å². The summed E-state index contributed by atoms with van der Waals surface area (Å²) >= 11 is 0. The molecule has 0 aromatic rings. The second-order valence-electron chi connectivity index (χ2n) is 3.99. The molecule has 0 bridgehead atoms. The summed E-state index contributed by atoms with van der Waals surface area (Å²) in [7, 11) is 3.44. The molecule has 2 unspecified atom stereocenters. The summed E-state index contributed by atoms with van der Waals surface area (Å²) < 4.78 is 5.84. The first-order valence-corrected chi connectivity index (χ1v) is 5.54. The normalized spacial score (nSPS) is 28.5. The minimum absolute atomic E-state index is 0.109. The molecule has 2 rings (SSSR count). The molecule has 0 radical (unpaired) electrons. The van der Waals surface area contributed by atoms with Crippen LogP contribution in [-0.4, -0.2) is 44.5 Å². The molecule has 1 heterocycles. The predicted molar refractivity (Wildman–Crippen MR) is 61.4 cm³/mol. The molecule has 2 aliphatic rings. The third-order valence-corrected chi connectivity index (χ3v) is 2.76. The lowest BCUT2D eigenvalue weighted by Gasteiger charge is -2.27. The van der Waals surface area contributed by atoms with E-state index in [0.29, 0.717) is 6.10 Å². The predicted octanol–water partition coefficient (Wildman–Crippen LogP) is -0.164. The van der Waals surface area contributed by atoms with Crippen LogP contribution in [0.1, 0.15) is 12.8 Å². The van der Waals surface area contributed by atoms with E-state index in [0.717, 1.165) is 18.5 Å². The highest BCUT2D eigenvalue weighted by Crippen LogP contribution is 2.29. The molecule has 5 heteroatoms. The van der Waals surface area contributed by atoms with Crippen LogP contribution in [0, 0.1) is 0 Å². The number of nitrogens with one attached hydrogen (secondary N) is 2. The van der Waals surface area contributed by atoms with Crippen LogP contribution in [0.15, 0.2) is 16.8 Å². The van der Waals surface area contributed by atoms with Gasteiger partial charge in [0.1, 0.15) is 6.10 Å². The molecule has 88 valence electrons. The van der Waals surface area contributed by atoms with E-state index in [2.05, 4.69) is 15.6 Å². The summed E-state index contributed by atoms with van der Waals surface area (Å²) in [5.41, 5.74) is 0.913. The lowest BCUT2D eigenvalue weighted by atomic mass is 10.0. The highest BCUT2D eigenvalue weighted by Gasteiger charge is 2.37. The number of hydrogen-bond acceptors (Lipinski definition) is 4. The Morgan fingerprint density at radius 3 is 2.81 bits per heavy atom. The van der Waals surface area contributed by atoms with Crippen LogP contribution >= 0.6 is 0 Å². The number of carbonyl (C=O) groups is 1. The van der Waals surface area contributed by atoms with Crippen LogP contribution < -0.4 is 10.6 Å². The number of ether oxygens (including phenoxy) is 1. The number of likely N-dealkylation sites (N-methyl/N-ethyl adjacent to an activating group) is 2. The fourth-order valence-corrected chi connectivity index (χ4v) is 1.70. The van der Waals surface area contributed by atoms with Gasteiger partial charge in [-0.3, -0.25) is 9.79 Å². The summed E-state index contributed by atoms with van der Waals surface area (Å²) in [4.78, 5) is 15.9. The maximum absolute atomic E-state index is 11.7.